The van der Waals surface area contributed by atoms with Gasteiger partial charge in [-0.25, -0.2) is 0 Å². The fourth-order valence-corrected chi connectivity index (χ4v) is 2.50. The van der Waals surface area contributed by atoms with Crippen LogP contribution in [0.1, 0.15) is 82.6 Å². The van der Waals surface area contributed by atoms with Gasteiger partial charge >= 0.3 is 6.18 Å². The minimum atomic E-state index is -4.75. The molecule has 1 unspecified atom stereocenters. The number of hydrogen-bond acceptors (Lipinski definition) is 2. The van der Waals surface area contributed by atoms with Gasteiger partial charge in [-0.3, -0.25) is 4.79 Å². The fraction of sp³-hybridized carbons (Fsp3) is 0.650. The van der Waals surface area contributed by atoms with Crippen LogP contribution in [0, 0.1) is 5.92 Å². The lowest BCUT2D eigenvalue weighted by Gasteiger charge is -2.26. The van der Waals surface area contributed by atoms with Crippen molar-refractivity contribution in [2.75, 3.05) is 0 Å². The standard InChI is InChI=1S/C11H11F3O2.C7H14.C2H6/c1-7(15)8-3-5-9(6-4-8)10(2,16)11(12,13)14;1-7-5-3-2-4-6-7;1-2/h3-6,16H,1-2H3;7H,2-6H2,1H3;1-2H3. The molecule has 0 saturated heterocycles. The molecule has 0 amide bonds. The van der Waals surface area contributed by atoms with E-state index < -0.39 is 11.8 Å². The Morgan fingerprint density at radius 3 is 1.76 bits per heavy atom. The second-order valence-electron chi connectivity index (χ2n) is 6.45. The first-order valence-corrected chi connectivity index (χ1v) is 8.96. The molecule has 1 atom stereocenters. The number of benzene rings is 1. The molecule has 144 valence electrons. The minimum Gasteiger partial charge on any atom is -0.376 e. The molecule has 0 aromatic heterocycles. The highest BCUT2D eigenvalue weighted by molar-refractivity contribution is 5.94. The van der Waals surface area contributed by atoms with Gasteiger partial charge in [-0.2, -0.15) is 13.2 Å². The van der Waals surface area contributed by atoms with Crippen molar-refractivity contribution >= 4 is 5.78 Å². The third kappa shape index (κ3) is 7.59. The van der Waals surface area contributed by atoms with Crippen molar-refractivity contribution in [3.05, 3.63) is 35.4 Å². The summed E-state index contributed by atoms with van der Waals surface area (Å²) in [6.07, 6.45) is 2.69. The van der Waals surface area contributed by atoms with Crippen LogP contribution in [0.2, 0.25) is 0 Å². The van der Waals surface area contributed by atoms with Crippen LogP contribution in [0.4, 0.5) is 13.2 Å². The number of hydrogen-bond donors (Lipinski definition) is 1. The summed E-state index contributed by atoms with van der Waals surface area (Å²) >= 11 is 0. The molecular formula is C20H31F3O2. The summed E-state index contributed by atoms with van der Waals surface area (Å²) in [4.78, 5) is 10.9. The topological polar surface area (TPSA) is 37.3 Å². The lowest BCUT2D eigenvalue weighted by Crippen LogP contribution is -2.39. The number of alkyl halides is 3. The SMILES string of the molecule is CC.CC(=O)c1ccc(C(C)(O)C(F)(F)F)cc1.CC1CCCCC1. The lowest BCUT2D eigenvalue weighted by atomic mass is 9.91. The van der Waals surface area contributed by atoms with Crippen LogP contribution in [-0.4, -0.2) is 17.1 Å². The van der Waals surface area contributed by atoms with Crippen molar-refractivity contribution in [2.45, 2.75) is 78.5 Å². The average Bonchev–Trinajstić information content (AvgIpc) is 2.57. The van der Waals surface area contributed by atoms with Crippen molar-refractivity contribution < 1.29 is 23.1 Å². The zero-order chi connectivity index (χ0) is 19.7. The number of carbonyl (C=O) groups is 1. The van der Waals surface area contributed by atoms with Gasteiger partial charge in [-0.1, -0.05) is 77.1 Å². The number of ketones is 1. The Bertz CT molecular complexity index is 499. The number of rotatable bonds is 2. The molecule has 0 heterocycles. The second-order valence-corrected chi connectivity index (χ2v) is 6.45. The van der Waals surface area contributed by atoms with Gasteiger partial charge in [-0.05, 0) is 25.3 Å². The zero-order valence-corrected chi connectivity index (χ0v) is 15.9. The van der Waals surface area contributed by atoms with Crippen LogP contribution < -0.4 is 0 Å². The summed E-state index contributed by atoms with van der Waals surface area (Å²) in [6, 6.07) is 4.73. The van der Waals surface area contributed by atoms with E-state index >= 15 is 0 Å². The van der Waals surface area contributed by atoms with Gasteiger partial charge in [-0.15, -0.1) is 0 Å². The van der Waals surface area contributed by atoms with Crippen molar-refractivity contribution in [2.24, 2.45) is 5.92 Å². The molecule has 1 saturated carbocycles. The molecule has 1 aliphatic carbocycles. The molecule has 1 aromatic rings. The second kappa shape index (κ2) is 10.6. The summed E-state index contributed by atoms with van der Waals surface area (Å²) in [7, 11) is 0. The van der Waals surface area contributed by atoms with Crippen LogP contribution in [0.3, 0.4) is 0 Å². The third-order valence-corrected chi connectivity index (χ3v) is 4.30. The molecular weight excluding hydrogens is 329 g/mol. The molecule has 0 spiro atoms. The lowest BCUT2D eigenvalue weighted by molar-refractivity contribution is -0.258. The Kier molecular flexibility index (Phi) is 10.0. The quantitative estimate of drug-likeness (QED) is 0.631. The van der Waals surface area contributed by atoms with Gasteiger partial charge in [0.25, 0.3) is 0 Å². The monoisotopic (exact) mass is 360 g/mol. The predicted molar refractivity (Wildman–Crippen MR) is 95.7 cm³/mol. The fourth-order valence-electron chi connectivity index (χ4n) is 2.50. The van der Waals surface area contributed by atoms with Gasteiger partial charge in [0.2, 0.25) is 0 Å². The maximum atomic E-state index is 12.5. The Hall–Kier alpha value is -1.36. The smallest absolute Gasteiger partial charge is 0.376 e. The molecule has 1 aliphatic rings. The molecule has 1 aromatic carbocycles. The first-order chi connectivity index (χ1) is 11.6. The highest BCUT2D eigenvalue weighted by Gasteiger charge is 2.51. The van der Waals surface area contributed by atoms with Crippen molar-refractivity contribution in [1.29, 1.82) is 0 Å². The Labute approximate surface area is 149 Å². The normalized spacial score (nSPS) is 17.3. The van der Waals surface area contributed by atoms with Gasteiger partial charge in [0.15, 0.2) is 11.4 Å². The highest BCUT2D eigenvalue weighted by atomic mass is 19.4. The summed E-state index contributed by atoms with van der Waals surface area (Å²) in [5.74, 6) is 0.798. The Morgan fingerprint density at radius 2 is 1.48 bits per heavy atom. The first-order valence-electron chi connectivity index (χ1n) is 8.96. The summed E-state index contributed by atoms with van der Waals surface area (Å²) in [6.45, 7) is 8.35. The van der Waals surface area contributed by atoms with E-state index in [1.54, 1.807) is 0 Å². The van der Waals surface area contributed by atoms with Gasteiger partial charge in [0.05, 0.1) is 0 Å². The summed E-state index contributed by atoms with van der Waals surface area (Å²) in [5, 5.41) is 9.34. The third-order valence-electron chi connectivity index (χ3n) is 4.30. The van der Waals surface area contributed by atoms with Crippen LogP contribution in [0.5, 0.6) is 0 Å². The van der Waals surface area contributed by atoms with E-state index in [2.05, 4.69) is 6.92 Å². The zero-order valence-electron chi connectivity index (χ0n) is 15.9. The van der Waals surface area contributed by atoms with E-state index in [1.807, 2.05) is 13.8 Å². The molecule has 0 aliphatic heterocycles. The summed E-state index contributed by atoms with van der Waals surface area (Å²) < 4.78 is 37.4. The number of Topliss-reactive ketones (excluding diaryl/α,β-unsaturated/α-hetero) is 1. The maximum absolute atomic E-state index is 12.5. The number of carbonyl (C=O) groups excluding carboxylic acids is 1. The van der Waals surface area contributed by atoms with E-state index in [0.717, 1.165) is 18.1 Å². The first kappa shape index (κ1) is 23.6. The van der Waals surface area contributed by atoms with E-state index in [4.69, 9.17) is 0 Å². The molecule has 2 rings (SSSR count). The van der Waals surface area contributed by atoms with Crippen LogP contribution >= 0.6 is 0 Å². The van der Waals surface area contributed by atoms with E-state index in [1.165, 1.54) is 51.2 Å². The van der Waals surface area contributed by atoms with E-state index in [9.17, 15) is 23.1 Å². The minimum absolute atomic E-state index is 0.238. The summed E-state index contributed by atoms with van der Waals surface area (Å²) in [5.41, 5.74) is -2.88. The van der Waals surface area contributed by atoms with Crippen LogP contribution in [0.25, 0.3) is 0 Å². The molecule has 25 heavy (non-hydrogen) atoms. The Morgan fingerprint density at radius 1 is 1.04 bits per heavy atom. The van der Waals surface area contributed by atoms with Crippen molar-refractivity contribution in [3.8, 4) is 0 Å². The molecule has 0 bridgehead atoms. The van der Waals surface area contributed by atoms with Crippen LogP contribution in [0.15, 0.2) is 24.3 Å². The average molecular weight is 360 g/mol. The molecule has 0 radical (unpaired) electrons. The molecule has 5 heteroatoms. The largest absolute Gasteiger partial charge is 0.421 e. The molecule has 1 fully saturated rings. The van der Waals surface area contributed by atoms with Gasteiger partial charge in [0, 0.05) is 5.56 Å². The number of aliphatic hydroxyl groups is 1. The molecule has 2 nitrogen and oxygen atoms in total. The predicted octanol–water partition coefficient (Wildman–Crippen LogP) is 6.27. The van der Waals surface area contributed by atoms with Crippen LogP contribution in [-0.2, 0) is 5.60 Å². The van der Waals surface area contributed by atoms with E-state index in [-0.39, 0.29) is 11.3 Å². The number of halogens is 3. The van der Waals surface area contributed by atoms with Gasteiger partial charge < -0.3 is 5.11 Å². The Balaban J connectivity index is 0.000000530. The maximum Gasteiger partial charge on any atom is 0.421 e. The van der Waals surface area contributed by atoms with E-state index in [0.29, 0.717) is 12.5 Å². The van der Waals surface area contributed by atoms with Crippen molar-refractivity contribution in [1.82, 2.24) is 0 Å². The van der Waals surface area contributed by atoms with Crippen molar-refractivity contribution in [3.63, 3.8) is 0 Å². The molecule has 1 N–H and O–H groups in total. The van der Waals surface area contributed by atoms with Gasteiger partial charge in [0.1, 0.15) is 0 Å². The highest BCUT2D eigenvalue weighted by Crippen LogP contribution is 2.38.